The summed E-state index contributed by atoms with van der Waals surface area (Å²) in [5.41, 5.74) is 1.80. The maximum atomic E-state index is 9.39. The molecular formula is C17H17BrN2O. The normalized spacial score (nSPS) is 11.8. The Morgan fingerprint density at radius 2 is 1.76 bits per heavy atom. The van der Waals surface area contributed by atoms with E-state index in [0.29, 0.717) is 0 Å². The number of nitriles is 1. The van der Waals surface area contributed by atoms with E-state index in [1.807, 2.05) is 62.4 Å². The van der Waals surface area contributed by atoms with Crippen molar-refractivity contribution in [2.75, 3.05) is 5.32 Å². The van der Waals surface area contributed by atoms with E-state index in [4.69, 9.17) is 4.74 Å². The Kier molecular flexibility index (Phi) is 5.24. The summed E-state index contributed by atoms with van der Waals surface area (Å²) >= 11 is 3.47. The van der Waals surface area contributed by atoms with Crippen LogP contribution in [-0.4, -0.2) is 6.10 Å². The van der Waals surface area contributed by atoms with Crippen molar-refractivity contribution in [3.8, 4) is 11.8 Å². The lowest BCUT2D eigenvalue weighted by Crippen LogP contribution is -2.09. The summed E-state index contributed by atoms with van der Waals surface area (Å²) in [5.74, 6) is 0.811. The summed E-state index contributed by atoms with van der Waals surface area (Å²) in [5, 5.41) is 12.6. The molecule has 2 rings (SSSR count). The van der Waals surface area contributed by atoms with Crippen molar-refractivity contribution in [2.45, 2.75) is 26.0 Å². The fourth-order valence-corrected chi connectivity index (χ4v) is 2.33. The Bertz CT molecular complexity index is 632. The Hall–Kier alpha value is -1.99. The summed E-state index contributed by atoms with van der Waals surface area (Å²) in [6.45, 7) is 3.97. The van der Waals surface area contributed by atoms with E-state index in [0.717, 1.165) is 21.5 Å². The number of nitrogens with zero attached hydrogens (tertiary/aromatic N) is 1. The number of rotatable bonds is 5. The topological polar surface area (TPSA) is 45.0 Å². The molecule has 0 bridgehead atoms. The Balaban J connectivity index is 2.15. The van der Waals surface area contributed by atoms with E-state index in [1.54, 1.807) is 0 Å². The second-order valence-electron chi connectivity index (χ2n) is 4.92. The number of nitrogens with one attached hydrogen (secondary N) is 1. The van der Waals surface area contributed by atoms with Crippen LogP contribution in [0.5, 0.6) is 5.75 Å². The van der Waals surface area contributed by atoms with Crippen molar-refractivity contribution < 1.29 is 4.74 Å². The lowest BCUT2D eigenvalue weighted by Gasteiger charge is -2.15. The van der Waals surface area contributed by atoms with Gasteiger partial charge in [-0.2, -0.15) is 5.26 Å². The molecule has 0 spiro atoms. The molecule has 0 radical (unpaired) electrons. The summed E-state index contributed by atoms with van der Waals surface area (Å²) in [6, 6.07) is 17.2. The highest BCUT2D eigenvalue weighted by Crippen LogP contribution is 2.27. The molecule has 0 saturated heterocycles. The summed E-state index contributed by atoms with van der Waals surface area (Å²) in [7, 11) is 0. The van der Waals surface area contributed by atoms with Gasteiger partial charge in [-0.25, -0.2) is 0 Å². The summed E-state index contributed by atoms with van der Waals surface area (Å²) in [6.07, 6.45) is 0.140. The largest absolute Gasteiger partial charge is 0.491 e. The van der Waals surface area contributed by atoms with Crippen LogP contribution in [0.25, 0.3) is 0 Å². The molecule has 2 aromatic carbocycles. The van der Waals surface area contributed by atoms with Gasteiger partial charge in [-0.15, -0.1) is 0 Å². The van der Waals surface area contributed by atoms with Crippen molar-refractivity contribution in [3.63, 3.8) is 0 Å². The van der Waals surface area contributed by atoms with E-state index in [1.165, 1.54) is 0 Å². The number of hydrogen-bond acceptors (Lipinski definition) is 3. The van der Waals surface area contributed by atoms with Gasteiger partial charge in [0.15, 0.2) is 0 Å². The Morgan fingerprint density at radius 1 is 1.10 bits per heavy atom. The van der Waals surface area contributed by atoms with Gasteiger partial charge >= 0.3 is 0 Å². The monoisotopic (exact) mass is 344 g/mol. The fourth-order valence-electron chi connectivity index (χ4n) is 1.93. The van der Waals surface area contributed by atoms with Gasteiger partial charge in [0.25, 0.3) is 0 Å². The van der Waals surface area contributed by atoms with E-state index in [2.05, 4.69) is 27.3 Å². The molecule has 21 heavy (non-hydrogen) atoms. The molecule has 0 heterocycles. The first-order valence-corrected chi connectivity index (χ1v) is 7.56. The highest BCUT2D eigenvalue weighted by Gasteiger charge is 2.12. The van der Waals surface area contributed by atoms with Gasteiger partial charge in [-0.3, -0.25) is 0 Å². The van der Waals surface area contributed by atoms with Crippen LogP contribution in [0, 0.1) is 11.3 Å². The molecule has 0 saturated carbocycles. The SMILES string of the molecule is CC(C)Oc1ccc(C(C#N)Nc2ccccc2Br)cc1. The first kappa shape index (κ1) is 15.4. The van der Waals surface area contributed by atoms with Gasteiger partial charge < -0.3 is 10.1 Å². The van der Waals surface area contributed by atoms with E-state index < -0.39 is 6.04 Å². The number of ether oxygens (including phenoxy) is 1. The molecular weight excluding hydrogens is 328 g/mol. The molecule has 4 heteroatoms. The third-order valence-electron chi connectivity index (χ3n) is 2.89. The number of benzene rings is 2. The average Bonchev–Trinajstić information content (AvgIpc) is 2.47. The maximum absolute atomic E-state index is 9.39. The van der Waals surface area contributed by atoms with Gasteiger partial charge in [-0.05, 0) is 59.6 Å². The highest BCUT2D eigenvalue weighted by atomic mass is 79.9. The van der Waals surface area contributed by atoms with Crippen molar-refractivity contribution in [1.29, 1.82) is 5.26 Å². The maximum Gasteiger partial charge on any atom is 0.140 e. The number of anilines is 1. The second kappa shape index (κ2) is 7.14. The average molecular weight is 345 g/mol. The lowest BCUT2D eigenvalue weighted by molar-refractivity contribution is 0.242. The molecule has 0 aliphatic carbocycles. The van der Waals surface area contributed by atoms with Crippen molar-refractivity contribution in [3.05, 3.63) is 58.6 Å². The second-order valence-corrected chi connectivity index (χ2v) is 5.78. The van der Waals surface area contributed by atoms with E-state index >= 15 is 0 Å². The van der Waals surface area contributed by atoms with Crippen LogP contribution in [-0.2, 0) is 0 Å². The van der Waals surface area contributed by atoms with Gasteiger partial charge in [-0.1, -0.05) is 24.3 Å². The molecule has 1 atom stereocenters. The smallest absolute Gasteiger partial charge is 0.140 e. The van der Waals surface area contributed by atoms with Gasteiger partial charge in [0.1, 0.15) is 11.8 Å². The molecule has 1 unspecified atom stereocenters. The zero-order chi connectivity index (χ0) is 15.2. The predicted molar refractivity (Wildman–Crippen MR) is 88.3 cm³/mol. The first-order chi connectivity index (χ1) is 10.1. The zero-order valence-electron chi connectivity index (χ0n) is 12.0. The molecule has 0 aromatic heterocycles. The minimum absolute atomic E-state index is 0.140. The van der Waals surface area contributed by atoms with Crippen LogP contribution in [0.3, 0.4) is 0 Å². The van der Waals surface area contributed by atoms with E-state index in [9.17, 15) is 5.26 Å². The minimum Gasteiger partial charge on any atom is -0.491 e. The van der Waals surface area contributed by atoms with Crippen LogP contribution in [0.15, 0.2) is 53.0 Å². The highest BCUT2D eigenvalue weighted by molar-refractivity contribution is 9.10. The van der Waals surface area contributed by atoms with Crippen molar-refractivity contribution in [2.24, 2.45) is 0 Å². The molecule has 2 aromatic rings. The third kappa shape index (κ3) is 4.24. The summed E-state index contributed by atoms with van der Waals surface area (Å²) in [4.78, 5) is 0. The lowest BCUT2D eigenvalue weighted by atomic mass is 10.1. The molecule has 1 N–H and O–H groups in total. The van der Waals surface area contributed by atoms with Gasteiger partial charge in [0.2, 0.25) is 0 Å². The number of hydrogen-bond donors (Lipinski definition) is 1. The molecule has 108 valence electrons. The molecule has 3 nitrogen and oxygen atoms in total. The van der Waals surface area contributed by atoms with Crippen LogP contribution in [0.4, 0.5) is 5.69 Å². The predicted octanol–water partition coefficient (Wildman–Crippen LogP) is 4.91. The third-order valence-corrected chi connectivity index (χ3v) is 3.58. The quantitative estimate of drug-likeness (QED) is 0.837. The fraction of sp³-hybridized carbons (Fsp3) is 0.235. The van der Waals surface area contributed by atoms with E-state index in [-0.39, 0.29) is 6.10 Å². The summed E-state index contributed by atoms with van der Waals surface area (Å²) < 4.78 is 6.54. The van der Waals surface area contributed by atoms with Crippen molar-refractivity contribution >= 4 is 21.6 Å². The number of halogens is 1. The molecule has 0 aliphatic rings. The Morgan fingerprint density at radius 3 is 2.33 bits per heavy atom. The van der Waals surface area contributed by atoms with Crippen LogP contribution >= 0.6 is 15.9 Å². The van der Waals surface area contributed by atoms with Gasteiger partial charge in [0, 0.05) is 10.2 Å². The molecule has 0 amide bonds. The Labute approximate surface area is 133 Å². The van der Waals surface area contributed by atoms with Crippen LogP contribution in [0.2, 0.25) is 0 Å². The zero-order valence-corrected chi connectivity index (χ0v) is 13.6. The van der Waals surface area contributed by atoms with Crippen molar-refractivity contribution in [1.82, 2.24) is 0 Å². The van der Waals surface area contributed by atoms with Crippen LogP contribution in [0.1, 0.15) is 25.5 Å². The first-order valence-electron chi connectivity index (χ1n) is 6.77. The standard InChI is InChI=1S/C17H17BrN2O/c1-12(2)21-14-9-7-13(8-10-14)17(11-19)20-16-6-4-3-5-15(16)18/h3-10,12,17,20H,1-2H3. The number of para-hydroxylation sites is 1. The van der Waals surface area contributed by atoms with Gasteiger partial charge in [0.05, 0.1) is 12.2 Å². The minimum atomic E-state index is -0.406. The molecule has 0 aliphatic heterocycles. The van der Waals surface area contributed by atoms with Crippen LogP contribution < -0.4 is 10.1 Å². The molecule has 0 fully saturated rings.